The van der Waals surface area contributed by atoms with Crippen LogP contribution >= 0.6 is 0 Å². The summed E-state index contributed by atoms with van der Waals surface area (Å²) >= 11 is 0. The quantitative estimate of drug-likeness (QED) is 0.810. The number of ether oxygens (including phenoxy) is 1. The van der Waals surface area contributed by atoms with Crippen molar-refractivity contribution < 1.29 is 14.6 Å². The molecular formula is C18H22N4O3. The van der Waals surface area contributed by atoms with E-state index in [4.69, 9.17) is 10.5 Å². The molecule has 0 atom stereocenters. The summed E-state index contributed by atoms with van der Waals surface area (Å²) in [6.45, 7) is 3.14. The molecular weight excluding hydrogens is 320 g/mol. The van der Waals surface area contributed by atoms with Crippen molar-refractivity contribution in [3.05, 3.63) is 35.4 Å². The van der Waals surface area contributed by atoms with Gasteiger partial charge in [-0.15, -0.1) is 10.2 Å². The molecule has 0 unspecified atom stereocenters. The Morgan fingerprint density at radius 3 is 2.92 bits per heavy atom. The van der Waals surface area contributed by atoms with E-state index in [1.165, 1.54) is 6.07 Å². The van der Waals surface area contributed by atoms with Crippen LogP contribution in [0.1, 0.15) is 43.4 Å². The summed E-state index contributed by atoms with van der Waals surface area (Å²) < 4.78 is 7.31. The topological polar surface area (TPSA) is 103 Å². The van der Waals surface area contributed by atoms with E-state index in [2.05, 4.69) is 10.2 Å². The van der Waals surface area contributed by atoms with Crippen LogP contribution in [0.25, 0.3) is 11.6 Å². The maximum absolute atomic E-state index is 12.0. The van der Waals surface area contributed by atoms with Gasteiger partial charge in [-0.3, -0.25) is 4.79 Å². The van der Waals surface area contributed by atoms with Crippen LogP contribution in [0.2, 0.25) is 0 Å². The SMILES string of the molecule is CCOc1ccc(C=C(C(N)=O)c2nnc3n2CCCCC3)c(O)c1. The van der Waals surface area contributed by atoms with Crippen molar-refractivity contribution in [2.45, 2.75) is 39.2 Å². The Bertz CT molecular complexity index is 811. The first-order valence-corrected chi connectivity index (χ1v) is 8.50. The van der Waals surface area contributed by atoms with Crippen molar-refractivity contribution in [2.24, 2.45) is 5.73 Å². The third-order valence-electron chi connectivity index (χ3n) is 4.23. The molecule has 2 aromatic rings. The number of primary amides is 1. The Morgan fingerprint density at radius 1 is 1.36 bits per heavy atom. The van der Waals surface area contributed by atoms with Crippen LogP contribution in [-0.2, 0) is 17.8 Å². The predicted octanol–water partition coefficient (Wildman–Crippen LogP) is 2.13. The summed E-state index contributed by atoms with van der Waals surface area (Å²) in [5.41, 5.74) is 6.29. The normalized spacial score (nSPS) is 14.7. The highest BCUT2D eigenvalue weighted by Crippen LogP contribution is 2.28. The minimum atomic E-state index is -0.604. The zero-order chi connectivity index (χ0) is 17.8. The molecule has 0 radical (unpaired) electrons. The Kier molecular flexibility index (Phi) is 5.02. The van der Waals surface area contributed by atoms with Gasteiger partial charge in [-0.25, -0.2) is 0 Å². The molecule has 1 aromatic carbocycles. The van der Waals surface area contributed by atoms with Gasteiger partial charge in [0.15, 0.2) is 5.82 Å². The number of carbonyl (C=O) groups is 1. The van der Waals surface area contributed by atoms with Gasteiger partial charge in [-0.1, -0.05) is 6.42 Å². The summed E-state index contributed by atoms with van der Waals surface area (Å²) in [6, 6.07) is 4.93. The second-order valence-electron chi connectivity index (χ2n) is 5.98. The molecule has 0 saturated carbocycles. The van der Waals surface area contributed by atoms with Crippen molar-refractivity contribution in [1.29, 1.82) is 0 Å². The Labute approximate surface area is 146 Å². The lowest BCUT2D eigenvalue weighted by atomic mass is 10.1. The number of carbonyl (C=O) groups excluding carboxylic acids is 1. The van der Waals surface area contributed by atoms with Gasteiger partial charge in [0.25, 0.3) is 5.91 Å². The highest BCUT2D eigenvalue weighted by atomic mass is 16.5. The average molecular weight is 342 g/mol. The minimum Gasteiger partial charge on any atom is -0.507 e. The Balaban J connectivity index is 2.01. The number of fused-ring (bicyclic) bond motifs is 1. The average Bonchev–Trinajstić information content (AvgIpc) is 2.82. The number of amides is 1. The van der Waals surface area contributed by atoms with Crippen molar-refractivity contribution in [3.8, 4) is 11.5 Å². The van der Waals surface area contributed by atoms with E-state index in [-0.39, 0.29) is 11.3 Å². The van der Waals surface area contributed by atoms with Crippen LogP contribution in [0.5, 0.6) is 11.5 Å². The van der Waals surface area contributed by atoms with Gasteiger partial charge < -0.3 is 20.1 Å². The monoisotopic (exact) mass is 342 g/mol. The first-order valence-electron chi connectivity index (χ1n) is 8.50. The van der Waals surface area contributed by atoms with Crippen LogP contribution in [0, 0.1) is 0 Å². The van der Waals surface area contributed by atoms with Crippen LogP contribution in [-0.4, -0.2) is 32.4 Å². The van der Waals surface area contributed by atoms with Gasteiger partial charge in [0.05, 0.1) is 12.2 Å². The molecule has 0 bridgehead atoms. The maximum atomic E-state index is 12.0. The fourth-order valence-corrected chi connectivity index (χ4v) is 2.99. The fraction of sp³-hybridized carbons (Fsp3) is 0.389. The Hall–Kier alpha value is -2.83. The van der Waals surface area contributed by atoms with Gasteiger partial charge in [-0.2, -0.15) is 0 Å². The predicted molar refractivity (Wildman–Crippen MR) is 93.9 cm³/mol. The standard InChI is InChI=1S/C18H22N4O3/c1-2-25-13-8-7-12(15(23)11-13)10-14(17(19)24)18-21-20-16-6-4-3-5-9-22(16)18/h7-8,10-11,23H,2-6,9H2,1H3,(H2,19,24). The van der Waals surface area contributed by atoms with Crippen molar-refractivity contribution >= 4 is 17.6 Å². The van der Waals surface area contributed by atoms with E-state index >= 15 is 0 Å². The number of aryl methyl sites for hydroxylation is 1. The van der Waals surface area contributed by atoms with Gasteiger partial charge in [0, 0.05) is 24.6 Å². The van der Waals surface area contributed by atoms with Crippen LogP contribution in [0.3, 0.4) is 0 Å². The minimum absolute atomic E-state index is 0.0142. The first-order chi connectivity index (χ1) is 12.1. The number of hydrogen-bond acceptors (Lipinski definition) is 5. The third kappa shape index (κ3) is 3.65. The molecule has 0 aliphatic carbocycles. The van der Waals surface area contributed by atoms with Gasteiger partial charge in [-0.05, 0) is 38.0 Å². The number of aromatic hydroxyl groups is 1. The number of phenols is 1. The number of benzene rings is 1. The van der Waals surface area contributed by atoms with Crippen molar-refractivity contribution in [1.82, 2.24) is 14.8 Å². The van der Waals surface area contributed by atoms with E-state index in [1.807, 2.05) is 11.5 Å². The summed E-state index contributed by atoms with van der Waals surface area (Å²) in [7, 11) is 0. The zero-order valence-corrected chi connectivity index (χ0v) is 14.2. The molecule has 3 rings (SSSR count). The molecule has 1 aliphatic heterocycles. The van der Waals surface area contributed by atoms with E-state index < -0.39 is 5.91 Å². The highest BCUT2D eigenvalue weighted by molar-refractivity contribution is 6.22. The second kappa shape index (κ2) is 7.38. The smallest absolute Gasteiger partial charge is 0.252 e. The molecule has 0 saturated heterocycles. The summed E-state index contributed by atoms with van der Waals surface area (Å²) in [5, 5.41) is 18.6. The second-order valence-corrected chi connectivity index (χ2v) is 5.98. The molecule has 7 nitrogen and oxygen atoms in total. The molecule has 7 heteroatoms. The first kappa shape index (κ1) is 17.0. The van der Waals surface area contributed by atoms with Crippen LogP contribution in [0.4, 0.5) is 0 Å². The van der Waals surface area contributed by atoms with E-state index in [9.17, 15) is 9.90 Å². The van der Waals surface area contributed by atoms with Crippen LogP contribution in [0.15, 0.2) is 18.2 Å². The number of phenolic OH excluding ortho intramolecular Hbond substituents is 1. The summed E-state index contributed by atoms with van der Waals surface area (Å²) in [4.78, 5) is 12.0. The molecule has 0 fully saturated rings. The number of nitrogens with two attached hydrogens (primary N) is 1. The lowest BCUT2D eigenvalue weighted by Gasteiger charge is -2.09. The number of aromatic nitrogens is 3. The molecule has 2 heterocycles. The molecule has 3 N–H and O–H groups in total. The fourth-order valence-electron chi connectivity index (χ4n) is 2.99. The number of rotatable bonds is 5. The maximum Gasteiger partial charge on any atom is 0.252 e. The van der Waals surface area contributed by atoms with E-state index in [0.717, 1.165) is 38.1 Å². The van der Waals surface area contributed by atoms with Crippen molar-refractivity contribution in [2.75, 3.05) is 6.61 Å². The lowest BCUT2D eigenvalue weighted by molar-refractivity contribution is -0.112. The van der Waals surface area contributed by atoms with Gasteiger partial charge in [0.1, 0.15) is 17.3 Å². The van der Waals surface area contributed by atoms with E-state index in [0.29, 0.717) is 23.7 Å². The lowest BCUT2D eigenvalue weighted by Crippen LogP contribution is -2.17. The summed E-state index contributed by atoms with van der Waals surface area (Å²) in [6.07, 6.45) is 5.59. The summed E-state index contributed by atoms with van der Waals surface area (Å²) in [5.74, 6) is 1.30. The third-order valence-corrected chi connectivity index (χ3v) is 4.23. The molecule has 1 amide bonds. The van der Waals surface area contributed by atoms with E-state index in [1.54, 1.807) is 18.2 Å². The van der Waals surface area contributed by atoms with Gasteiger partial charge in [0.2, 0.25) is 0 Å². The largest absolute Gasteiger partial charge is 0.507 e. The number of nitrogens with zero attached hydrogens (tertiary/aromatic N) is 3. The molecule has 1 aromatic heterocycles. The highest BCUT2D eigenvalue weighted by Gasteiger charge is 2.21. The molecule has 0 spiro atoms. The molecule has 25 heavy (non-hydrogen) atoms. The molecule has 1 aliphatic rings. The number of hydrogen-bond donors (Lipinski definition) is 2. The van der Waals surface area contributed by atoms with Crippen molar-refractivity contribution in [3.63, 3.8) is 0 Å². The Morgan fingerprint density at radius 2 is 2.20 bits per heavy atom. The zero-order valence-electron chi connectivity index (χ0n) is 14.2. The molecule has 132 valence electrons. The van der Waals surface area contributed by atoms with Crippen LogP contribution < -0.4 is 10.5 Å². The van der Waals surface area contributed by atoms with Gasteiger partial charge >= 0.3 is 0 Å².